The van der Waals surface area contributed by atoms with Crippen LogP contribution in [-0.2, 0) is 9.53 Å². The molecule has 3 aliphatic carbocycles. The van der Waals surface area contributed by atoms with Gasteiger partial charge in [0.15, 0.2) is 0 Å². The van der Waals surface area contributed by atoms with E-state index in [1.807, 2.05) is 0 Å². The zero-order valence-electron chi connectivity index (χ0n) is 14.0. The summed E-state index contributed by atoms with van der Waals surface area (Å²) < 4.78 is 7.61. The Kier molecular flexibility index (Phi) is 7.51. The van der Waals surface area contributed by atoms with Gasteiger partial charge in [0.1, 0.15) is 5.78 Å². The van der Waals surface area contributed by atoms with Gasteiger partial charge in [-0.15, -0.1) is 0 Å². The number of alkyl halides is 2. The smallest absolute Gasteiger partial charge is 0.140 e. The van der Waals surface area contributed by atoms with Crippen molar-refractivity contribution in [3.63, 3.8) is 0 Å². The average Bonchev–Trinajstić information content (AvgIpc) is 2.58. The molecule has 3 aliphatic rings. The Balaban J connectivity index is 1.45. The Morgan fingerprint density at radius 1 is 0.783 bits per heavy atom. The van der Waals surface area contributed by atoms with Gasteiger partial charge in [0.05, 0.1) is 12.2 Å². The van der Waals surface area contributed by atoms with Gasteiger partial charge in [-0.05, 0) is 57.8 Å². The quantitative estimate of drug-likeness (QED) is 0.327. The van der Waals surface area contributed by atoms with Crippen LogP contribution in [0, 0.1) is 11.8 Å². The maximum atomic E-state index is 13.0. The number of rotatable bonds is 4. The normalized spacial score (nSPS) is 40.0. The van der Waals surface area contributed by atoms with E-state index in [0.29, 0.717) is 37.7 Å². The molecule has 0 aromatic heterocycles. The molecule has 2 nitrogen and oxygen atoms in total. The van der Waals surface area contributed by atoms with E-state index in [1.54, 1.807) is 0 Å². The van der Waals surface area contributed by atoms with Gasteiger partial charge in [-0.3, -0.25) is 4.79 Å². The molecule has 0 heterocycles. The first kappa shape index (κ1) is 18.9. The SMILES string of the molecule is O=C(C1CCC(OC2CCCCC2)CC1)C1CC(I)CCC1I. The molecule has 0 aliphatic heterocycles. The van der Waals surface area contributed by atoms with Crippen molar-refractivity contribution in [2.75, 3.05) is 0 Å². The van der Waals surface area contributed by atoms with Crippen molar-refractivity contribution in [2.45, 2.75) is 97.1 Å². The second kappa shape index (κ2) is 9.15. The predicted molar refractivity (Wildman–Crippen MR) is 112 cm³/mol. The fourth-order valence-corrected chi connectivity index (χ4v) is 6.55. The van der Waals surface area contributed by atoms with Crippen molar-refractivity contribution in [3.8, 4) is 0 Å². The first-order valence-electron chi connectivity index (χ1n) is 9.61. The highest BCUT2D eigenvalue weighted by molar-refractivity contribution is 14.1. The molecule has 0 aromatic carbocycles. The summed E-state index contributed by atoms with van der Waals surface area (Å²) in [6.45, 7) is 0. The number of halogens is 2. The summed E-state index contributed by atoms with van der Waals surface area (Å²) in [4.78, 5) is 13.0. The highest BCUT2D eigenvalue weighted by Gasteiger charge is 2.37. The van der Waals surface area contributed by atoms with Crippen LogP contribution in [-0.4, -0.2) is 25.8 Å². The van der Waals surface area contributed by atoms with E-state index in [0.717, 1.165) is 32.1 Å². The molecule has 132 valence electrons. The molecular formula is C19H30I2O2. The molecule has 0 amide bonds. The average molecular weight is 544 g/mol. The van der Waals surface area contributed by atoms with Crippen molar-refractivity contribution in [1.29, 1.82) is 0 Å². The van der Waals surface area contributed by atoms with Crippen molar-refractivity contribution in [2.24, 2.45) is 11.8 Å². The maximum Gasteiger partial charge on any atom is 0.140 e. The standard InChI is InChI=1S/C19H30I2O2/c20-14-8-11-18(21)17(12-14)19(22)13-6-9-16(10-7-13)23-15-4-2-1-3-5-15/h13-18H,1-12H2. The Hall–Kier alpha value is 1.09. The van der Waals surface area contributed by atoms with Crippen LogP contribution in [0.3, 0.4) is 0 Å². The third kappa shape index (κ3) is 5.28. The lowest BCUT2D eigenvalue weighted by Crippen LogP contribution is -2.38. The lowest BCUT2D eigenvalue weighted by atomic mass is 9.76. The number of carbonyl (C=O) groups is 1. The highest BCUT2D eigenvalue weighted by atomic mass is 127. The molecule has 4 heteroatoms. The Morgan fingerprint density at radius 3 is 2.13 bits per heavy atom. The Morgan fingerprint density at radius 2 is 1.43 bits per heavy atom. The summed E-state index contributed by atoms with van der Waals surface area (Å²) in [6.07, 6.45) is 15.5. The van der Waals surface area contributed by atoms with Gasteiger partial charge in [-0.1, -0.05) is 64.4 Å². The van der Waals surface area contributed by atoms with Crippen LogP contribution >= 0.6 is 45.2 Å². The number of carbonyl (C=O) groups excluding carboxylic acids is 1. The lowest BCUT2D eigenvalue weighted by molar-refractivity contribution is -0.130. The minimum absolute atomic E-state index is 0.324. The predicted octanol–water partition coefficient (Wildman–Crippen LogP) is 5.87. The maximum absolute atomic E-state index is 13.0. The van der Waals surface area contributed by atoms with Crippen LogP contribution < -0.4 is 0 Å². The van der Waals surface area contributed by atoms with E-state index in [4.69, 9.17) is 4.74 Å². The number of Topliss-reactive ketones (excluding diaryl/α,β-unsaturated/α-hetero) is 1. The first-order valence-corrected chi connectivity index (χ1v) is 12.1. The number of ether oxygens (including phenoxy) is 1. The molecule has 3 fully saturated rings. The summed E-state index contributed by atoms with van der Waals surface area (Å²) in [7, 11) is 0. The topological polar surface area (TPSA) is 26.3 Å². The largest absolute Gasteiger partial charge is 0.375 e. The molecule has 0 spiro atoms. The second-order valence-electron chi connectivity index (χ2n) is 7.80. The number of ketones is 1. The summed E-state index contributed by atoms with van der Waals surface area (Å²) in [5.74, 6) is 1.24. The molecule has 0 radical (unpaired) electrons. The second-order valence-corrected chi connectivity index (χ2v) is 11.2. The molecule has 0 aromatic rings. The summed E-state index contributed by atoms with van der Waals surface area (Å²) in [6, 6.07) is 0. The Labute approximate surface area is 168 Å². The minimum atomic E-state index is 0.324. The molecule has 3 atom stereocenters. The summed E-state index contributed by atoms with van der Waals surface area (Å²) in [5.41, 5.74) is 0. The molecule has 3 saturated carbocycles. The highest BCUT2D eigenvalue weighted by Crippen LogP contribution is 2.39. The molecule has 3 unspecified atom stereocenters. The zero-order chi connectivity index (χ0) is 16.2. The van der Waals surface area contributed by atoms with Gasteiger partial charge >= 0.3 is 0 Å². The van der Waals surface area contributed by atoms with Crippen LogP contribution in [0.15, 0.2) is 0 Å². The van der Waals surface area contributed by atoms with Crippen LogP contribution in [0.1, 0.15) is 77.0 Å². The van der Waals surface area contributed by atoms with E-state index < -0.39 is 0 Å². The van der Waals surface area contributed by atoms with Crippen molar-refractivity contribution >= 4 is 51.0 Å². The van der Waals surface area contributed by atoms with Crippen LogP contribution in [0.25, 0.3) is 0 Å². The van der Waals surface area contributed by atoms with Crippen molar-refractivity contribution < 1.29 is 9.53 Å². The molecule has 0 N–H and O–H groups in total. The van der Waals surface area contributed by atoms with E-state index >= 15 is 0 Å². The molecule has 0 bridgehead atoms. The van der Waals surface area contributed by atoms with E-state index in [1.165, 1.54) is 44.9 Å². The molecule has 3 rings (SSSR count). The molecule has 23 heavy (non-hydrogen) atoms. The third-order valence-corrected chi connectivity index (χ3v) is 8.70. The molecular weight excluding hydrogens is 514 g/mol. The van der Waals surface area contributed by atoms with Gasteiger partial charge in [0.25, 0.3) is 0 Å². The Bertz CT molecular complexity index is 387. The van der Waals surface area contributed by atoms with Gasteiger partial charge in [0.2, 0.25) is 0 Å². The van der Waals surface area contributed by atoms with Gasteiger partial charge in [0, 0.05) is 19.7 Å². The van der Waals surface area contributed by atoms with Crippen LogP contribution in [0.2, 0.25) is 0 Å². The van der Waals surface area contributed by atoms with Gasteiger partial charge in [-0.2, -0.15) is 0 Å². The zero-order valence-corrected chi connectivity index (χ0v) is 18.3. The van der Waals surface area contributed by atoms with Crippen molar-refractivity contribution in [3.05, 3.63) is 0 Å². The van der Waals surface area contributed by atoms with E-state index in [9.17, 15) is 4.79 Å². The van der Waals surface area contributed by atoms with E-state index in [2.05, 4.69) is 45.2 Å². The van der Waals surface area contributed by atoms with E-state index in [-0.39, 0.29) is 0 Å². The first-order chi connectivity index (χ1) is 11.1. The minimum Gasteiger partial charge on any atom is -0.375 e. The van der Waals surface area contributed by atoms with Gasteiger partial charge in [-0.25, -0.2) is 0 Å². The third-order valence-electron chi connectivity index (χ3n) is 6.08. The number of hydrogen-bond donors (Lipinski definition) is 0. The summed E-state index contributed by atoms with van der Waals surface area (Å²) >= 11 is 5.08. The monoisotopic (exact) mass is 544 g/mol. The van der Waals surface area contributed by atoms with Gasteiger partial charge < -0.3 is 4.74 Å². The lowest BCUT2D eigenvalue weighted by Gasteiger charge is -2.36. The molecule has 0 saturated heterocycles. The van der Waals surface area contributed by atoms with Crippen LogP contribution in [0.4, 0.5) is 0 Å². The van der Waals surface area contributed by atoms with Crippen LogP contribution in [0.5, 0.6) is 0 Å². The van der Waals surface area contributed by atoms with Crippen molar-refractivity contribution in [1.82, 2.24) is 0 Å². The fourth-order valence-electron chi connectivity index (χ4n) is 4.64. The fraction of sp³-hybridized carbons (Fsp3) is 0.947. The number of hydrogen-bond acceptors (Lipinski definition) is 2. The summed E-state index contributed by atoms with van der Waals surface area (Å²) in [5, 5.41) is 0.